The molecule has 1 aromatic rings. The van der Waals surface area contributed by atoms with E-state index in [4.69, 9.17) is 16.3 Å². The first-order chi connectivity index (χ1) is 10.1. The SMILES string of the molecule is CCOC(=O)[C@H]1CCCN(C(=O)Cc2cccc(Cl)c2)C1. The highest BCUT2D eigenvalue weighted by Gasteiger charge is 2.29. The number of ether oxygens (including phenoxy) is 1. The Morgan fingerprint density at radius 1 is 1.43 bits per heavy atom. The van der Waals surface area contributed by atoms with Crippen molar-refractivity contribution in [3.05, 3.63) is 34.9 Å². The summed E-state index contributed by atoms with van der Waals surface area (Å²) in [4.78, 5) is 25.9. The number of carbonyl (C=O) groups excluding carboxylic acids is 2. The Hall–Kier alpha value is -1.55. The molecule has 1 aromatic carbocycles. The van der Waals surface area contributed by atoms with E-state index in [0.29, 0.717) is 31.1 Å². The van der Waals surface area contributed by atoms with E-state index in [1.165, 1.54) is 0 Å². The molecule has 0 spiro atoms. The highest BCUT2D eigenvalue weighted by atomic mass is 35.5. The molecule has 2 rings (SSSR count). The lowest BCUT2D eigenvalue weighted by Gasteiger charge is -2.31. The van der Waals surface area contributed by atoms with Gasteiger partial charge in [-0.2, -0.15) is 0 Å². The summed E-state index contributed by atoms with van der Waals surface area (Å²) in [5.74, 6) is -0.356. The van der Waals surface area contributed by atoms with E-state index in [2.05, 4.69) is 0 Å². The first-order valence-corrected chi connectivity index (χ1v) is 7.66. The normalized spacial score (nSPS) is 18.4. The number of esters is 1. The summed E-state index contributed by atoms with van der Waals surface area (Å²) >= 11 is 5.93. The van der Waals surface area contributed by atoms with Crippen LogP contribution < -0.4 is 0 Å². The number of benzene rings is 1. The Morgan fingerprint density at radius 3 is 2.95 bits per heavy atom. The number of nitrogens with zero attached hydrogens (tertiary/aromatic N) is 1. The monoisotopic (exact) mass is 309 g/mol. The molecule has 0 unspecified atom stereocenters. The van der Waals surface area contributed by atoms with Gasteiger partial charge in [0.05, 0.1) is 18.9 Å². The number of piperidine rings is 1. The van der Waals surface area contributed by atoms with Crippen LogP contribution in [-0.2, 0) is 20.7 Å². The summed E-state index contributed by atoms with van der Waals surface area (Å²) in [5.41, 5.74) is 0.894. The highest BCUT2D eigenvalue weighted by molar-refractivity contribution is 6.30. The van der Waals surface area contributed by atoms with Gasteiger partial charge in [-0.25, -0.2) is 0 Å². The summed E-state index contributed by atoms with van der Waals surface area (Å²) in [7, 11) is 0. The van der Waals surface area contributed by atoms with Gasteiger partial charge in [0.2, 0.25) is 5.91 Å². The Balaban J connectivity index is 1.94. The van der Waals surface area contributed by atoms with Gasteiger partial charge in [0.15, 0.2) is 0 Å². The molecule has 1 heterocycles. The van der Waals surface area contributed by atoms with Crippen LogP contribution in [0, 0.1) is 5.92 Å². The van der Waals surface area contributed by atoms with Crippen LogP contribution in [-0.4, -0.2) is 36.5 Å². The lowest BCUT2D eigenvalue weighted by atomic mass is 9.97. The second-order valence-electron chi connectivity index (χ2n) is 5.24. The van der Waals surface area contributed by atoms with E-state index in [1.54, 1.807) is 24.0 Å². The van der Waals surface area contributed by atoms with Gasteiger partial charge >= 0.3 is 5.97 Å². The van der Waals surface area contributed by atoms with Crippen molar-refractivity contribution in [3.8, 4) is 0 Å². The summed E-state index contributed by atoms with van der Waals surface area (Å²) in [6.07, 6.45) is 1.95. The van der Waals surface area contributed by atoms with Gasteiger partial charge in [0, 0.05) is 18.1 Å². The van der Waals surface area contributed by atoms with Crippen LogP contribution in [0.3, 0.4) is 0 Å². The second kappa shape index (κ2) is 7.46. The molecule has 114 valence electrons. The van der Waals surface area contributed by atoms with E-state index < -0.39 is 0 Å². The first kappa shape index (κ1) is 15.8. The predicted octanol–water partition coefficient (Wildman–Crippen LogP) is 2.68. The maximum absolute atomic E-state index is 12.3. The smallest absolute Gasteiger partial charge is 0.310 e. The van der Waals surface area contributed by atoms with Crippen LogP contribution >= 0.6 is 11.6 Å². The van der Waals surface area contributed by atoms with Crippen molar-refractivity contribution in [1.82, 2.24) is 4.90 Å². The van der Waals surface area contributed by atoms with Gasteiger partial charge in [-0.05, 0) is 37.5 Å². The molecule has 1 amide bonds. The molecular weight excluding hydrogens is 290 g/mol. The molecule has 1 atom stereocenters. The minimum absolute atomic E-state index is 0.0336. The van der Waals surface area contributed by atoms with Crippen LogP contribution in [0.1, 0.15) is 25.3 Å². The zero-order chi connectivity index (χ0) is 15.2. The van der Waals surface area contributed by atoms with E-state index >= 15 is 0 Å². The third-order valence-electron chi connectivity index (χ3n) is 3.64. The van der Waals surface area contributed by atoms with E-state index in [0.717, 1.165) is 18.4 Å². The Morgan fingerprint density at radius 2 is 2.24 bits per heavy atom. The summed E-state index contributed by atoms with van der Waals surface area (Å²) in [5, 5.41) is 0.628. The third-order valence-corrected chi connectivity index (χ3v) is 3.87. The largest absolute Gasteiger partial charge is 0.466 e. The molecule has 0 aliphatic carbocycles. The van der Waals surface area contributed by atoms with Gasteiger partial charge < -0.3 is 9.64 Å². The number of carbonyl (C=O) groups is 2. The van der Waals surface area contributed by atoms with Crippen LogP contribution in [0.5, 0.6) is 0 Å². The molecule has 0 bridgehead atoms. The molecule has 1 aliphatic rings. The van der Waals surface area contributed by atoms with Crippen LogP contribution in [0.4, 0.5) is 0 Å². The third kappa shape index (κ3) is 4.46. The van der Waals surface area contributed by atoms with Crippen molar-refractivity contribution < 1.29 is 14.3 Å². The summed E-state index contributed by atoms with van der Waals surface area (Å²) < 4.78 is 5.05. The minimum Gasteiger partial charge on any atom is -0.466 e. The van der Waals surface area contributed by atoms with Crippen LogP contribution in [0.25, 0.3) is 0 Å². The minimum atomic E-state index is -0.197. The topological polar surface area (TPSA) is 46.6 Å². The molecule has 1 saturated heterocycles. The molecule has 21 heavy (non-hydrogen) atoms. The maximum atomic E-state index is 12.3. The van der Waals surface area contributed by atoms with Gasteiger partial charge in [-0.3, -0.25) is 9.59 Å². The second-order valence-corrected chi connectivity index (χ2v) is 5.67. The fourth-order valence-corrected chi connectivity index (χ4v) is 2.80. The fourth-order valence-electron chi connectivity index (χ4n) is 2.59. The fraction of sp³-hybridized carbons (Fsp3) is 0.500. The number of hydrogen-bond donors (Lipinski definition) is 0. The number of hydrogen-bond acceptors (Lipinski definition) is 3. The molecule has 0 saturated carbocycles. The van der Waals surface area contributed by atoms with Gasteiger partial charge in [-0.15, -0.1) is 0 Å². The maximum Gasteiger partial charge on any atom is 0.310 e. The molecule has 0 N–H and O–H groups in total. The predicted molar refractivity (Wildman–Crippen MR) is 81.1 cm³/mol. The summed E-state index contributed by atoms with van der Waals surface area (Å²) in [6.45, 7) is 3.34. The standard InChI is InChI=1S/C16H20ClNO3/c1-2-21-16(20)13-6-4-8-18(11-13)15(19)10-12-5-3-7-14(17)9-12/h3,5,7,9,13H,2,4,6,8,10-11H2,1H3/t13-/m0/s1. The lowest BCUT2D eigenvalue weighted by Crippen LogP contribution is -2.43. The lowest BCUT2D eigenvalue weighted by molar-refractivity contribution is -0.151. The molecule has 0 radical (unpaired) electrons. The molecular formula is C16H20ClNO3. The van der Waals surface area contributed by atoms with E-state index in [9.17, 15) is 9.59 Å². The molecule has 0 aromatic heterocycles. The van der Waals surface area contributed by atoms with E-state index in [-0.39, 0.29) is 17.8 Å². The Bertz CT molecular complexity index is 518. The van der Waals surface area contributed by atoms with Crippen molar-refractivity contribution in [2.75, 3.05) is 19.7 Å². The van der Waals surface area contributed by atoms with Crippen molar-refractivity contribution in [2.45, 2.75) is 26.2 Å². The van der Waals surface area contributed by atoms with Crippen molar-refractivity contribution >= 4 is 23.5 Å². The van der Waals surface area contributed by atoms with Gasteiger partial charge in [0.1, 0.15) is 0 Å². The van der Waals surface area contributed by atoms with Crippen molar-refractivity contribution in [1.29, 1.82) is 0 Å². The quantitative estimate of drug-likeness (QED) is 0.803. The first-order valence-electron chi connectivity index (χ1n) is 7.29. The molecule has 1 fully saturated rings. The Kier molecular flexibility index (Phi) is 5.62. The molecule has 5 heteroatoms. The zero-order valence-corrected chi connectivity index (χ0v) is 12.9. The average molecular weight is 310 g/mol. The zero-order valence-electron chi connectivity index (χ0n) is 12.2. The molecule has 1 aliphatic heterocycles. The number of likely N-dealkylation sites (tertiary alicyclic amines) is 1. The van der Waals surface area contributed by atoms with Crippen molar-refractivity contribution in [2.24, 2.45) is 5.92 Å². The van der Waals surface area contributed by atoms with Crippen LogP contribution in [0.2, 0.25) is 5.02 Å². The summed E-state index contributed by atoms with van der Waals surface area (Å²) in [6, 6.07) is 7.30. The van der Waals surface area contributed by atoms with E-state index in [1.807, 2.05) is 12.1 Å². The van der Waals surface area contributed by atoms with Gasteiger partial charge in [-0.1, -0.05) is 23.7 Å². The number of amides is 1. The number of halogens is 1. The number of rotatable bonds is 4. The van der Waals surface area contributed by atoms with Crippen LogP contribution in [0.15, 0.2) is 24.3 Å². The average Bonchev–Trinajstić information content (AvgIpc) is 2.47. The van der Waals surface area contributed by atoms with Crippen molar-refractivity contribution in [3.63, 3.8) is 0 Å². The molecule has 4 nitrogen and oxygen atoms in total. The van der Waals surface area contributed by atoms with Gasteiger partial charge in [0.25, 0.3) is 0 Å². The highest BCUT2D eigenvalue weighted by Crippen LogP contribution is 2.19. The Labute approximate surface area is 130 Å².